The Balaban J connectivity index is 2.30. The maximum atomic E-state index is 9.32. The van der Waals surface area contributed by atoms with Gasteiger partial charge in [-0.05, 0) is 49.1 Å². The van der Waals surface area contributed by atoms with Crippen molar-refractivity contribution in [2.75, 3.05) is 6.54 Å². The fourth-order valence-electron chi connectivity index (χ4n) is 1.92. The number of hydrogen-bond donors (Lipinski definition) is 2. The van der Waals surface area contributed by atoms with Gasteiger partial charge >= 0.3 is 0 Å². The highest BCUT2D eigenvalue weighted by Gasteiger charge is 2.09. The average Bonchev–Trinajstić information content (AvgIpc) is 2.19. The van der Waals surface area contributed by atoms with Crippen molar-refractivity contribution in [2.45, 2.75) is 19.3 Å². The molecule has 0 heterocycles. The second-order valence-corrected chi connectivity index (χ2v) is 3.72. The van der Waals surface area contributed by atoms with Crippen LogP contribution < -0.4 is 5.73 Å². The molecule has 0 unspecified atom stereocenters. The lowest BCUT2D eigenvalue weighted by molar-refractivity contribution is 0.474. The predicted octanol–water partition coefficient (Wildman–Crippen LogP) is 2.07. The van der Waals surface area contributed by atoms with Gasteiger partial charge < -0.3 is 10.8 Å². The molecule has 74 valence electrons. The first-order valence-electron chi connectivity index (χ1n) is 5.01. The largest absolute Gasteiger partial charge is 0.508 e. The minimum atomic E-state index is 0.361. The van der Waals surface area contributed by atoms with E-state index < -0.39 is 0 Å². The van der Waals surface area contributed by atoms with Gasteiger partial charge in [0.1, 0.15) is 5.75 Å². The maximum absolute atomic E-state index is 9.32. The third-order valence-corrected chi connectivity index (χ3v) is 2.67. The van der Waals surface area contributed by atoms with E-state index in [0.717, 1.165) is 25.8 Å². The van der Waals surface area contributed by atoms with Crippen molar-refractivity contribution in [3.63, 3.8) is 0 Å². The van der Waals surface area contributed by atoms with Crippen molar-refractivity contribution in [3.8, 4) is 5.75 Å². The molecule has 0 aromatic heterocycles. The number of rotatable bonds is 2. The van der Waals surface area contributed by atoms with Gasteiger partial charge in [0.05, 0.1) is 0 Å². The molecule has 0 atom stereocenters. The van der Waals surface area contributed by atoms with E-state index in [1.807, 2.05) is 12.1 Å². The first-order chi connectivity index (χ1) is 6.79. The monoisotopic (exact) mass is 189 g/mol. The smallest absolute Gasteiger partial charge is 0.115 e. The van der Waals surface area contributed by atoms with Crippen LogP contribution in [0.1, 0.15) is 24.0 Å². The number of nitrogens with two attached hydrogens (primary N) is 1. The number of benzene rings is 1. The second kappa shape index (κ2) is 3.84. The van der Waals surface area contributed by atoms with Crippen LogP contribution in [0, 0.1) is 0 Å². The summed E-state index contributed by atoms with van der Waals surface area (Å²) >= 11 is 0. The molecular formula is C12H15NO. The van der Waals surface area contributed by atoms with E-state index >= 15 is 0 Å². The van der Waals surface area contributed by atoms with Crippen LogP contribution >= 0.6 is 0 Å². The van der Waals surface area contributed by atoms with E-state index in [0.29, 0.717) is 5.75 Å². The lowest BCUT2D eigenvalue weighted by Gasteiger charge is -2.16. The highest BCUT2D eigenvalue weighted by atomic mass is 16.3. The molecule has 2 heteroatoms. The highest BCUT2D eigenvalue weighted by Crippen LogP contribution is 2.27. The Kier molecular flexibility index (Phi) is 2.55. The Morgan fingerprint density at radius 2 is 2.14 bits per heavy atom. The van der Waals surface area contributed by atoms with E-state index in [1.165, 1.54) is 16.7 Å². The topological polar surface area (TPSA) is 46.2 Å². The summed E-state index contributed by atoms with van der Waals surface area (Å²) in [5, 5.41) is 9.32. The Morgan fingerprint density at radius 3 is 2.93 bits per heavy atom. The summed E-state index contributed by atoms with van der Waals surface area (Å²) in [6.07, 6.45) is 5.29. The fourth-order valence-corrected chi connectivity index (χ4v) is 1.92. The van der Waals surface area contributed by atoms with Crippen LogP contribution in [0.25, 0.3) is 6.08 Å². The number of hydrogen-bond acceptors (Lipinski definition) is 2. The number of phenols is 1. The zero-order chi connectivity index (χ0) is 9.97. The van der Waals surface area contributed by atoms with Gasteiger partial charge in [-0.2, -0.15) is 0 Å². The van der Waals surface area contributed by atoms with Gasteiger partial charge in [0.15, 0.2) is 0 Å². The molecule has 1 aliphatic carbocycles. The molecule has 1 aliphatic rings. The highest BCUT2D eigenvalue weighted by molar-refractivity contribution is 5.60. The third-order valence-electron chi connectivity index (χ3n) is 2.67. The van der Waals surface area contributed by atoms with Gasteiger partial charge in [0, 0.05) is 0 Å². The van der Waals surface area contributed by atoms with Crippen molar-refractivity contribution in [1.29, 1.82) is 0 Å². The van der Waals surface area contributed by atoms with Gasteiger partial charge in [-0.25, -0.2) is 0 Å². The maximum Gasteiger partial charge on any atom is 0.115 e. The van der Waals surface area contributed by atoms with Crippen LogP contribution in [0.5, 0.6) is 5.75 Å². The minimum Gasteiger partial charge on any atom is -0.508 e. The van der Waals surface area contributed by atoms with E-state index in [1.54, 1.807) is 6.07 Å². The van der Waals surface area contributed by atoms with Crippen LogP contribution in [0.15, 0.2) is 23.8 Å². The Labute approximate surface area is 84.1 Å². The van der Waals surface area contributed by atoms with Crippen LogP contribution in [-0.2, 0) is 6.42 Å². The van der Waals surface area contributed by atoms with Crippen LogP contribution in [0.2, 0.25) is 0 Å². The molecule has 0 fully saturated rings. The molecule has 2 nitrogen and oxygen atoms in total. The van der Waals surface area contributed by atoms with E-state index in [4.69, 9.17) is 5.73 Å². The molecule has 0 aliphatic heterocycles. The normalized spacial score (nSPS) is 14.8. The van der Waals surface area contributed by atoms with E-state index in [9.17, 15) is 5.11 Å². The van der Waals surface area contributed by atoms with Crippen LogP contribution in [-0.4, -0.2) is 11.7 Å². The summed E-state index contributed by atoms with van der Waals surface area (Å²) in [4.78, 5) is 0. The Morgan fingerprint density at radius 1 is 1.29 bits per heavy atom. The summed E-state index contributed by atoms with van der Waals surface area (Å²) in [5.74, 6) is 0.361. The molecule has 0 bridgehead atoms. The third kappa shape index (κ3) is 1.80. The molecule has 3 N–H and O–H groups in total. The van der Waals surface area contributed by atoms with Crippen molar-refractivity contribution >= 4 is 6.08 Å². The molecule has 0 radical (unpaired) electrons. The molecule has 0 spiro atoms. The van der Waals surface area contributed by atoms with Crippen LogP contribution in [0.4, 0.5) is 0 Å². The van der Waals surface area contributed by atoms with Gasteiger partial charge in [-0.3, -0.25) is 0 Å². The first kappa shape index (κ1) is 9.28. The van der Waals surface area contributed by atoms with E-state index in [2.05, 4.69) is 6.08 Å². The molecular weight excluding hydrogens is 174 g/mol. The van der Waals surface area contributed by atoms with Crippen molar-refractivity contribution in [3.05, 3.63) is 34.9 Å². The molecule has 14 heavy (non-hydrogen) atoms. The van der Waals surface area contributed by atoms with Crippen molar-refractivity contribution in [1.82, 2.24) is 0 Å². The summed E-state index contributed by atoms with van der Waals surface area (Å²) in [6, 6.07) is 5.56. The zero-order valence-electron chi connectivity index (χ0n) is 8.16. The number of phenolic OH excluding ortho intramolecular Hbond substituents is 1. The summed E-state index contributed by atoms with van der Waals surface area (Å²) in [6.45, 7) is 0.721. The second-order valence-electron chi connectivity index (χ2n) is 3.72. The standard InChI is InChI=1S/C12H15NO/c13-6-5-9-1-2-11-8-12(14)4-3-10(11)7-9/h3-4,7-8,14H,1-2,5-6,13H2. The first-order valence-corrected chi connectivity index (χ1v) is 5.01. The van der Waals surface area contributed by atoms with E-state index in [-0.39, 0.29) is 0 Å². The lowest BCUT2D eigenvalue weighted by atomic mass is 9.91. The molecule has 1 aromatic carbocycles. The Hall–Kier alpha value is -1.28. The van der Waals surface area contributed by atoms with Gasteiger partial charge in [0.2, 0.25) is 0 Å². The molecule has 0 saturated heterocycles. The van der Waals surface area contributed by atoms with Gasteiger partial charge in [0.25, 0.3) is 0 Å². The predicted molar refractivity (Wildman–Crippen MR) is 58.1 cm³/mol. The summed E-state index contributed by atoms with van der Waals surface area (Å²) in [7, 11) is 0. The minimum absolute atomic E-state index is 0.361. The summed E-state index contributed by atoms with van der Waals surface area (Å²) in [5.41, 5.74) is 9.42. The van der Waals surface area contributed by atoms with Crippen molar-refractivity contribution in [2.24, 2.45) is 5.73 Å². The molecule has 2 rings (SSSR count). The number of fused-ring (bicyclic) bond motifs is 1. The number of aryl methyl sites for hydroxylation is 1. The molecule has 1 aromatic rings. The van der Waals surface area contributed by atoms with Gasteiger partial charge in [-0.15, -0.1) is 0 Å². The average molecular weight is 189 g/mol. The Bertz CT molecular complexity index is 369. The zero-order valence-corrected chi connectivity index (χ0v) is 8.16. The quantitative estimate of drug-likeness (QED) is 0.748. The molecule has 0 amide bonds. The van der Waals surface area contributed by atoms with Gasteiger partial charge in [-0.1, -0.05) is 17.7 Å². The lowest BCUT2D eigenvalue weighted by Crippen LogP contribution is -2.04. The van der Waals surface area contributed by atoms with Crippen molar-refractivity contribution < 1.29 is 5.11 Å². The number of aromatic hydroxyl groups is 1. The SMILES string of the molecule is NCCC1=Cc2ccc(O)cc2CC1. The van der Waals surface area contributed by atoms with Crippen LogP contribution in [0.3, 0.4) is 0 Å². The summed E-state index contributed by atoms with van der Waals surface area (Å²) < 4.78 is 0. The fraction of sp³-hybridized carbons (Fsp3) is 0.333. The molecule has 0 saturated carbocycles.